The number of hydrogen-bond donors (Lipinski definition) is 1. The molecule has 116 valence electrons. The minimum Gasteiger partial charge on any atom is -0.451 e. The van der Waals surface area contributed by atoms with Crippen molar-refractivity contribution in [2.45, 2.75) is 13.0 Å². The summed E-state index contributed by atoms with van der Waals surface area (Å²) < 4.78 is 6.48. The van der Waals surface area contributed by atoms with Crippen LogP contribution in [0.5, 0.6) is 0 Å². The van der Waals surface area contributed by atoms with Crippen LogP contribution in [0.1, 0.15) is 29.1 Å². The van der Waals surface area contributed by atoms with Gasteiger partial charge >= 0.3 is 0 Å². The molecule has 0 saturated heterocycles. The molecular formula is C18H14BrNO3. The third-order valence-corrected chi connectivity index (χ3v) is 4.05. The van der Waals surface area contributed by atoms with E-state index in [-0.39, 0.29) is 17.2 Å². The Hall–Kier alpha value is -2.40. The van der Waals surface area contributed by atoms with Crippen LogP contribution < -0.4 is 10.7 Å². The Bertz CT molecular complexity index is 933. The predicted octanol–water partition coefficient (Wildman–Crippen LogP) is 4.05. The van der Waals surface area contributed by atoms with E-state index in [1.165, 1.54) is 6.07 Å². The number of halogens is 1. The molecule has 1 heterocycles. The second kappa shape index (κ2) is 6.38. The minimum atomic E-state index is -0.416. The number of carbonyl (C=O) groups excluding carboxylic acids is 1. The summed E-state index contributed by atoms with van der Waals surface area (Å²) in [7, 11) is 0. The van der Waals surface area contributed by atoms with Gasteiger partial charge in [0.1, 0.15) is 5.58 Å². The first-order valence-corrected chi connectivity index (χ1v) is 7.93. The zero-order valence-electron chi connectivity index (χ0n) is 12.4. The SMILES string of the molecule is CC(NC(=O)c1cc(=O)c2ccccc2o1)c1cccc(Br)c1. The van der Waals surface area contributed by atoms with Gasteiger partial charge in [-0.05, 0) is 36.8 Å². The second-order valence-corrected chi connectivity index (χ2v) is 6.14. The lowest BCUT2D eigenvalue weighted by molar-refractivity contribution is 0.0912. The normalized spacial score (nSPS) is 12.1. The zero-order valence-corrected chi connectivity index (χ0v) is 14.0. The van der Waals surface area contributed by atoms with Gasteiger partial charge in [-0.3, -0.25) is 9.59 Å². The van der Waals surface area contributed by atoms with Crippen LogP contribution in [0, 0.1) is 0 Å². The fourth-order valence-corrected chi connectivity index (χ4v) is 2.76. The lowest BCUT2D eigenvalue weighted by Gasteiger charge is -2.14. The van der Waals surface area contributed by atoms with Crippen molar-refractivity contribution in [2.24, 2.45) is 0 Å². The monoisotopic (exact) mass is 371 g/mol. The van der Waals surface area contributed by atoms with Crippen molar-refractivity contribution in [1.29, 1.82) is 0 Å². The number of para-hydroxylation sites is 1. The van der Waals surface area contributed by atoms with E-state index in [0.717, 1.165) is 10.0 Å². The van der Waals surface area contributed by atoms with E-state index in [1.807, 2.05) is 31.2 Å². The van der Waals surface area contributed by atoms with Crippen molar-refractivity contribution >= 4 is 32.8 Å². The standard InChI is InChI=1S/C18H14BrNO3/c1-11(12-5-4-6-13(19)9-12)20-18(22)17-10-15(21)14-7-2-3-8-16(14)23-17/h2-11H,1H3,(H,20,22). The molecule has 0 spiro atoms. The highest BCUT2D eigenvalue weighted by atomic mass is 79.9. The molecule has 1 atom stereocenters. The summed E-state index contributed by atoms with van der Waals surface area (Å²) in [6.45, 7) is 1.87. The molecule has 0 bridgehead atoms. The van der Waals surface area contributed by atoms with E-state index >= 15 is 0 Å². The number of carbonyl (C=O) groups is 1. The first-order valence-electron chi connectivity index (χ1n) is 7.14. The van der Waals surface area contributed by atoms with Gasteiger partial charge in [-0.2, -0.15) is 0 Å². The number of hydrogen-bond acceptors (Lipinski definition) is 3. The zero-order chi connectivity index (χ0) is 16.4. The van der Waals surface area contributed by atoms with Gasteiger partial charge in [0.05, 0.1) is 11.4 Å². The summed E-state index contributed by atoms with van der Waals surface area (Å²) in [5.74, 6) is -0.407. The van der Waals surface area contributed by atoms with Gasteiger partial charge in [0.2, 0.25) is 0 Å². The fraction of sp³-hybridized carbons (Fsp3) is 0.111. The van der Waals surface area contributed by atoms with Gasteiger partial charge in [0.25, 0.3) is 5.91 Å². The highest BCUT2D eigenvalue weighted by Crippen LogP contribution is 2.19. The predicted molar refractivity (Wildman–Crippen MR) is 92.5 cm³/mol. The van der Waals surface area contributed by atoms with Crippen LogP contribution >= 0.6 is 15.9 Å². The number of rotatable bonds is 3. The average Bonchev–Trinajstić information content (AvgIpc) is 2.54. The summed E-state index contributed by atoms with van der Waals surface area (Å²) in [5, 5.41) is 3.30. The third kappa shape index (κ3) is 3.35. The maximum Gasteiger partial charge on any atom is 0.287 e. The lowest BCUT2D eigenvalue weighted by Crippen LogP contribution is -2.27. The topological polar surface area (TPSA) is 59.3 Å². The molecule has 0 saturated carbocycles. The van der Waals surface area contributed by atoms with Crippen molar-refractivity contribution in [3.8, 4) is 0 Å². The van der Waals surface area contributed by atoms with Crippen LogP contribution in [0.15, 0.2) is 68.3 Å². The van der Waals surface area contributed by atoms with Crippen LogP contribution in [0.3, 0.4) is 0 Å². The lowest BCUT2D eigenvalue weighted by atomic mass is 10.1. The summed E-state index contributed by atoms with van der Waals surface area (Å²) in [6, 6.07) is 15.6. The van der Waals surface area contributed by atoms with E-state index in [9.17, 15) is 9.59 Å². The molecule has 2 aromatic carbocycles. The van der Waals surface area contributed by atoms with Gasteiger partial charge in [-0.25, -0.2) is 0 Å². The van der Waals surface area contributed by atoms with Crippen LogP contribution in [-0.2, 0) is 0 Å². The summed E-state index contributed by atoms with van der Waals surface area (Å²) in [5.41, 5.74) is 1.13. The number of amides is 1. The van der Waals surface area contributed by atoms with Crippen LogP contribution in [0.4, 0.5) is 0 Å². The minimum absolute atomic E-state index is 0.00977. The Morgan fingerprint density at radius 3 is 2.70 bits per heavy atom. The Morgan fingerprint density at radius 1 is 1.13 bits per heavy atom. The Balaban J connectivity index is 1.87. The molecule has 1 amide bonds. The van der Waals surface area contributed by atoms with Crippen molar-refractivity contribution in [3.05, 3.63) is 80.6 Å². The summed E-state index contributed by atoms with van der Waals surface area (Å²) >= 11 is 3.41. The van der Waals surface area contributed by atoms with Gasteiger partial charge in [-0.1, -0.05) is 40.2 Å². The molecular weight excluding hydrogens is 358 g/mol. The van der Waals surface area contributed by atoms with Crippen molar-refractivity contribution in [2.75, 3.05) is 0 Å². The Labute approximate surface area is 141 Å². The fourth-order valence-electron chi connectivity index (χ4n) is 2.34. The van der Waals surface area contributed by atoms with Crippen LogP contribution in [0.2, 0.25) is 0 Å². The molecule has 3 aromatic rings. The Morgan fingerprint density at radius 2 is 1.91 bits per heavy atom. The molecule has 0 radical (unpaired) electrons. The smallest absolute Gasteiger partial charge is 0.287 e. The van der Waals surface area contributed by atoms with Crippen molar-refractivity contribution in [1.82, 2.24) is 5.32 Å². The molecule has 0 aliphatic carbocycles. The first kappa shape index (κ1) is 15.5. The molecule has 0 fully saturated rings. The molecule has 3 rings (SSSR count). The van der Waals surface area contributed by atoms with E-state index < -0.39 is 5.91 Å². The number of nitrogens with one attached hydrogen (secondary N) is 1. The van der Waals surface area contributed by atoms with E-state index in [2.05, 4.69) is 21.2 Å². The number of fused-ring (bicyclic) bond motifs is 1. The maximum atomic E-state index is 12.4. The number of benzene rings is 2. The van der Waals surface area contributed by atoms with Gasteiger partial charge in [0.15, 0.2) is 11.2 Å². The first-order chi connectivity index (χ1) is 11.0. The van der Waals surface area contributed by atoms with Gasteiger partial charge < -0.3 is 9.73 Å². The highest BCUT2D eigenvalue weighted by Gasteiger charge is 2.15. The molecule has 0 aliphatic heterocycles. The highest BCUT2D eigenvalue weighted by molar-refractivity contribution is 9.10. The maximum absolute atomic E-state index is 12.4. The van der Waals surface area contributed by atoms with Gasteiger partial charge in [-0.15, -0.1) is 0 Å². The largest absolute Gasteiger partial charge is 0.451 e. The molecule has 1 aromatic heterocycles. The quantitative estimate of drug-likeness (QED) is 0.755. The van der Waals surface area contributed by atoms with Crippen molar-refractivity contribution < 1.29 is 9.21 Å². The summed E-state index contributed by atoms with van der Waals surface area (Å²) in [6.07, 6.45) is 0. The third-order valence-electron chi connectivity index (χ3n) is 3.55. The van der Waals surface area contributed by atoms with Crippen LogP contribution in [-0.4, -0.2) is 5.91 Å². The van der Waals surface area contributed by atoms with Crippen LogP contribution in [0.25, 0.3) is 11.0 Å². The average molecular weight is 372 g/mol. The molecule has 5 heteroatoms. The second-order valence-electron chi connectivity index (χ2n) is 5.22. The van der Waals surface area contributed by atoms with Gasteiger partial charge in [0, 0.05) is 10.5 Å². The van der Waals surface area contributed by atoms with E-state index in [4.69, 9.17) is 4.42 Å². The molecule has 1 unspecified atom stereocenters. The summed E-state index contributed by atoms with van der Waals surface area (Å²) in [4.78, 5) is 24.4. The molecule has 4 nitrogen and oxygen atoms in total. The van der Waals surface area contributed by atoms with Crippen molar-refractivity contribution in [3.63, 3.8) is 0 Å². The van der Waals surface area contributed by atoms with E-state index in [0.29, 0.717) is 11.0 Å². The molecule has 23 heavy (non-hydrogen) atoms. The van der Waals surface area contributed by atoms with E-state index in [1.54, 1.807) is 24.3 Å². The molecule has 1 N–H and O–H groups in total. The Kier molecular flexibility index (Phi) is 4.30. The molecule has 0 aliphatic rings.